The first-order chi connectivity index (χ1) is 13.2. The molecule has 2 saturated carbocycles. The predicted octanol–water partition coefficient (Wildman–Crippen LogP) is 7.54. The van der Waals surface area contributed by atoms with E-state index in [1.54, 1.807) is 0 Å². The predicted molar refractivity (Wildman–Crippen MR) is 107 cm³/mol. The zero-order valence-electron chi connectivity index (χ0n) is 16.9. The van der Waals surface area contributed by atoms with Crippen molar-refractivity contribution in [3.63, 3.8) is 0 Å². The van der Waals surface area contributed by atoms with E-state index in [1.807, 2.05) is 0 Å². The number of rotatable bonds is 8. The summed E-state index contributed by atoms with van der Waals surface area (Å²) in [5.74, 6) is 2.07. The maximum Gasteiger partial charge on any atom is 0.200 e. The summed E-state index contributed by atoms with van der Waals surface area (Å²) in [4.78, 5) is 0. The van der Waals surface area contributed by atoms with Crippen LogP contribution in [0, 0.1) is 35.3 Å². The van der Waals surface area contributed by atoms with Crippen molar-refractivity contribution < 1.29 is 13.5 Å². The smallest absolute Gasteiger partial charge is 0.200 e. The minimum atomic E-state index is -0.869. The fourth-order valence-corrected chi connectivity index (χ4v) is 5.45. The Morgan fingerprint density at radius 2 is 1.44 bits per heavy atom. The topological polar surface area (TPSA) is 9.23 Å². The van der Waals surface area contributed by atoms with Crippen molar-refractivity contribution in [1.82, 2.24) is 0 Å². The molecule has 0 aliphatic heterocycles. The second-order valence-electron chi connectivity index (χ2n) is 8.89. The molecule has 0 N–H and O–H groups in total. The molecule has 1 nitrogen and oxygen atoms in total. The molecule has 0 aromatic heterocycles. The SMILES string of the molecule is CCC[C@H]1CC[C@H](C2CCC(CCCOc3cccc(F)c3F)CC2)CC1. The summed E-state index contributed by atoms with van der Waals surface area (Å²) < 4.78 is 32.2. The van der Waals surface area contributed by atoms with E-state index in [2.05, 4.69) is 6.92 Å². The first-order valence-electron chi connectivity index (χ1n) is 11.2. The van der Waals surface area contributed by atoms with E-state index in [0.29, 0.717) is 6.61 Å². The van der Waals surface area contributed by atoms with Crippen molar-refractivity contribution in [3.8, 4) is 5.75 Å². The number of hydrogen-bond acceptors (Lipinski definition) is 1. The minimum absolute atomic E-state index is 0.0392. The third kappa shape index (κ3) is 5.93. The Hall–Kier alpha value is -1.12. The lowest BCUT2D eigenvalue weighted by Crippen LogP contribution is -2.26. The van der Waals surface area contributed by atoms with Crippen molar-refractivity contribution >= 4 is 0 Å². The van der Waals surface area contributed by atoms with E-state index in [1.165, 1.54) is 76.3 Å². The van der Waals surface area contributed by atoms with E-state index in [0.717, 1.165) is 42.6 Å². The van der Waals surface area contributed by atoms with Crippen LogP contribution in [0.1, 0.15) is 84.0 Å². The van der Waals surface area contributed by atoms with E-state index < -0.39 is 11.6 Å². The van der Waals surface area contributed by atoms with Crippen LogP contribution in [-0.4, -0.2) is 6.61 Å². The zero-order valence-corrected chi connectivity index (χ0v) is 16.9. The lowest BCUT2D eigenvalue weighted by atomic mass is 9.68. The third-order valence-corrected chi connectivity index (χ3v) is 7.08. The maximum absolute atomic E-state index is 13.6. The van der Waals surface area contributed by atoms with Crippen LogP contribution in [0.4, 0.5) is 8.78 Å². The summed E-state index contributed by atoms with van der Waals surface area (Å²) in [5.41, 5.74) is 0. The fourth-order valence-electron chi connectivity index (χ4n) is 5.45. The molecule has 3 heteroatoms. The van der Waals surface area contributed by atoms with Crippen LogP contribution in [0.3, 0.4) is 0 Å². The Bertz CT molecular complexity index is 557. The largest absolute Gasteiger partial charge is 0.490 e. The Kier molecular flexibility index (Phi) is 7.96. The van der Waals surface area contributed by atoms with Gasteiger partial charge < -0.3 is 4.74 Å². The highest BCUT2D eigenvalue weighted by atomic mass is 19.2. The Balaban J connectivity index is 1.30. The van der Waals surface area contributed by atoms with Crippen LogP contribution in [0.25, 0.3) is 0 Å². The summed E-state index contributed by atoms with van der Waals surface area (Å²) >= 11 is 0. The van der Waals surface area contributed by atoms with Crippen molar-refractivity contribution in [3.05, 3.63) is 29.8 Å². The highest BCUT2D eigenvalue weighted by Gasteiger charge is 2.30. The van der Waals surface area contributed by atoms with Gasteiger partial charge in [0, 0.05) is 0 Å². The monoisotopic (exact) mass is 378 g/mol. The van der Waals surface area contributed by atoms with E-state index in [4.69, 9.17) is 4.74 Å². The molecule has 2 aliphatic rings. The molecule has 1 aromatic rings. The molecule has 0 unspecified atom stereocenters. The second-order valence-corrected chi connectivity index (χ2v) is 8.89. The normalized spacial score (nSPS) is 28.9. The molecule has 3 rings (SSSR count). The van der Waals surface area contributed by atoms with Gasteiger partial charge in [-0.25, -0.2) is 4.39 Å². The molecule has 27 heavy (non-hydrogen) atoms. The first kappa shape index (κ1) is 20.6. The molecule has 0 amide bonds. The number of hydrogen-bond donors (Lipinski definition) is 0. The minimum Gasteiger partial charge on any atom is -0.490 e. The van der Waals surface area contributed by atoms with Gasteiger partial charge in [-0.1, -0.05) is 51.5 Å². The highest BCUT2D eigenvalue weighted by molar-refractivity contribution is 5.24. The number of benzene rings is 1. The molecule has 0 atom stereocenters. The molecule has 2 aliphatic carbocycles. The van der Waals surface area contributed by atoms with Gasteiger partial charge in [0.1, 0.15) is 0 Å². The summed E-state index contributed by atoms with van der Waals surface area (Å²) in [6.45, 7) is 2.79. The first-order valence-corrected chi connectivity index (χ1v) is 11.2. The molecule has 2 fully saturated rings. The second kappa shape index (κ2) is 10.4. The molecular formula is C24H36F2O. The zero-order chi connectivity index (χ0) is 19.1. The van der Waals surface area contributed by atoms with Gasteiger partial charge in [0.15, 0.2) is 11.6 Å². The van der Waals surface area contributed by atoms with Crippen LogP contribution in [0.2, 0.25) is 0 Å². The van der Waals surface area contributed by atoms with E-state index >= 15 is 0 Å². The number of ether oxygens (including phenoxy) is 1. The third-order valence-electron chi connectivity index (χ3n) is 7.08. The van der Waals surface area contributed by atoms with Gasteiger partial charge in [-0.05, 0) is 74.3 Å². The molecule has 0 bridgehead atoms. The summed E-state index contributed by atoms with van der Waals surface area (Å²) in [6.07, 6.45) is 16.2. The van der Waals surface area contributed by atoms with Crippen LogP contribution in [-0.2, 0) is 0 Å². The Morgan fingerprint density at radius 3 is 2.04 bits per heavy atom. The molecule has 0 spiro atoms. The molecular weight excluding hydrogens is 342 g/mol. The Morgan fingerprint density at radius 1 is 0.852 bits per heavy atom. The van der Waals surface area contributed by atoms with Crippen molar-refractivity contribution in [2.24, 2.45) is 23.7 Å². The molecule has 0 saturated heterocycles. The van der Waals surface area contributed by atoms with Gasteiger partial charge >= 0.3 is 0 Å². The van der Waals surface area contributed by atoms with Crippen molar-refractivity contribution in [2.45, 2.75) is 84.0 Å². The molecule has 0 heterocycles. The molecule has 0 radical (unpaired) electrons. The van der Waals surface area contributed by atoms with Gasteiger partial charge in [0.05, 0.1) is 6.61 Å². The average Bonchev–Trinajstić information content (AvgIpc) is 2.70. The van der Waals surface area contributed by atoms with Gasteiger partial charge in [-0.2, -0.15) is 4.39 Å². The van der Waals surface area contributed by atoms with Gasteiger partial charge in [-0.3, -0.25) is 0 Å². The molecule has 152 valence electrons. The fraction of sp³-hybridized carbons (Fsp3) is 0.750. The van der Waals surface area contributed by atoms with Crippen LogP contribution in [0.5, 0.6) is 5.75 Å². The quantitative estimate of drug-likeness (QED) is 0.425. The van der Waals surface area contributed by atoms with E-state index in [-0.39, 0.29) is 5.75 Å². The number of halogens is 2. The van der Waals surface area contributed by atoms with Gasteiger partial charge in [0.2, 0.25) is 5.82 Å². The Labute approximate surface area is 163 Å². The highest BCUT2D eigenvalue weighted by Crippen LogP contribution is 2.42. The molecule has 1 aromatic carbocycles. The van der Waals surface area contributed by atoms with Gasteiger partial charge in [0.25, 0.3) is 0 Å². The summed E-state index contributed by atoms with van der Waals surface area (Å²) in [5, 5.41) is 0. The van der Waals surface area contributed by atoms with Crippen LogP contribution >= 0.6 is 0 Å². The maximum atomic E-state index is 13.6. The average molecular weight is 379 g/mol. The standard InChI is InChI=1S/C24H36F2O/c1-2-5-18-9-13-20(14-10-18)21-15-11-19(12-16-21)6-4-17-27-23-8-3-7-22(25)24(23)26/h3,7-8,18-21H,2,4-6,9-17H2,1H3/t18-,19?,20-,21?. The van der Waals surface area contributed by atoms with E-state index in [9.17, 15) is 8.78 Å². The van der Waals surface area contributed by atoms with Crippen LogP contribution in [0.15, 0.2) is 18.2 Å². The van der Waals surface area contributed by atoms with Crippen LogP contribution < -0.4 is 4.74 Å². The van der Waals surface area contributed by atoms with Crippen molar-refractivity contribution in [1.29, 1.82) is 0 Å². The lowest BCUT2D eigenvalue weighted by Gasteiger charge is -2.38. The van der Waals surface area contributed by atoms with Gasteiger partial charge in [-0.15, -0.1) is 0 Å². The lowest BCUT2D eigenvalue weighted by molar-refractivity contribution is 0.138. The summed E-state index contributed by atoms with van der Waals surface area (Å²) in [7, 11) is 0. The van der Waals surface area contributed by atoms with Crippen molar-refractivity contribution in [2.75, 3.05) is 6.61 Å². The summed E-state index contributed by atoms with van der Waals surface area (Å²) in [6, 6.07) is 4.11.